The van der Waals surface area contributed by atoms with Crippen LogP contribution in [0.3, 0.4) is 0 Å². The second kappa shape index (κ2) is 6.83. The van der Waals surface area contributed by atoms with Crippen molar-refractivity contribution in [2.75, 3.05) is 13.2 Å². The van der Waals surface area contributed by atoms with Gasteiger partial charge in [-0.25, -0.2) is 0 Å². The molecule has 90 valence electrons. The van der Waals surface area contributed by atoms with E-state index in [0.717, 1.165) is 13.0 Å². The van der Waals surface area contributed by atoms with E-state index in [1.807, 2.05) is 13.8 Å². The smallest absolute Gasteiger partial charge is 0.0963 e. The number of amidine groups is 1. The van der Waals surface area contributed by atoms with Gasteiger partial charge in [0.05, 0.1) is 5.84 Å². The third-order valence-corrected chi connectivity index (χ3v) is 2.78. The number of ether oxygens (including phenoxy) is 1. The fourth-order valence-electron chi connectivity index (χ4n) is 1.32. The molecule has 0 aromatic rings. The second-order valence-corrected chi connectivity index (χ2v) is 5.02. The predicted octanol–water partition coefficient (Wildman–Crippen LogP) is 2.79. The van der Waals surface area contributed by atoms with Gasteiger partial charge in [0.1, 0.15) is 0 Å². The Morgan fingerprint density at radius 2 is 2.07 bits per heavy atom. The summed E-state index contributed by atoms with van der Waals surface area (Å²) in [5.41, 5.74) is 5.26. The van der Waals surface area contributed by atoms with Crippen LogP contribution in [0.15, 0.2) is 0 Å². The molecule has 0 saturated carbocycles. The van der Waals surface area contributed by atoms with Crippen molar-refractivity contribution in [2.45, 2.75) is 47.0 Å². The lowest BCUT2D eigenvalue weighted by molar-refractivity contribution is 0.0878. The van der Waals surface area contributed by atoms with Gasteiger partial charge in [0.15, 0.2) is 0 Å². The Bertz CT molecular complexity index is 190. The molecular weight excluding hydrogens is 188 g/mol. The Kier molecular flexibility index (Phi) is 6.57. The fourth-order valence-corrected chi connectivity index (χ4v) is 1.32. The van der Waals surface area contributed by atoms with Crippen LogP contribution < -0.4 is 5.73 Å². The fraction of sp³-hybridized carbons (Fsp3) is 0.917. The molecule has 3 N–H and O–H groups in total. The van der Waals surface area contributed by atoms with Gasteiger partial charge in [0.25, 0.3) is 0 Å². The summed E-state index contributed by atoms with van der Waals surface area (Å²) in [5.74, 6) is 0.878. The first-order valence-electron chi connectivity index (χ1n) is 5.82. The summed E-state index contributed by atoms with van der Waals surface area (Å²) in [6, 6.07) is 0. The van der Waals surface area contributed by atoms with Crippen LogP contribution in [0.25, 0.3) is 0 Å². The van der Waals surface area contributed by atoms with Crippen molar-refractivity contribution >= 4 is 5.84 Å². The van der Waals surface area contributed by atoms with E-state index in [-0.39, 0.29) is 11.3 Å². The summed E-state index contributed by atoms with van der Waals surface area (Å²) in [4.78, 5) is 0. The Morgan fingerprint density at radius 3 is 2.53 bits per heavy atom. The van der Waals surface area contributed by atoms with Gasteiger partial charge < -0.3 is 10.5 Å². The Labute approximate surface area is 93.9 Å². The maximum Gasteiger partial charge on any atom is 0.0963 e. The Morgan fingerprint density at radius 1 is 1.47 bits per heavy atom. The molecule has 3 nitrogen and oxygen atoms in total. The van der Waals surface area contributed by atoms with E-state index < -0.39 is 0 Å². The largest absolute Gasteiger partial charge is 0.387 e. The van der Waals surface area contributed by atoms with Crippen molar-refractivity contribution in [3.63, 3.8) is 0 Å². The van der Waals surface area contributed by atoms with Crippen LogP contribution in [0, 0.1) is 16.7 Å². The zero-order valence-electron chi connectivity index (χ0n) is 10.6. The van der Waals surface area contributed by atoms with E-state index in [4.69, 9.17) is 15.9 Å². The van der Waals surface area contributed by atoms with Gasteiger partial charge in [-0.15, -0.1) is 0 Å². The van der Waals surface area contributed by atoms with Gasteiger partial charge in [0.2, 0.25) is 0 Å². The highest BCUT2D eigenvalue weighted by Crippen LogP contribution is 2.19. The van der Waals surface area contributed by atoms with Gasteiger partial charge in [-0.2, -0.15) is 0 Å². The van der Waals surface area contributed by atoms with E-state index in [1.54, 1.807) is 0 Å². The van der Waals surface area contributed by atoms with E-state index in [9.17, 15) is 0 Å². The Hall–Kier alpha value is -0.570. The molecule has 0 aliphatic carbocycles. The molecule has 0 aliphatic heterocycles. The molecule has 0 saturated heterocycles. The summed E-state index contributed by atoms with van der Waals surface area (Å²) in [7, 11) is 0. The lowest BCUT2D eigenvalue weighted by Gasteiger charge is -2.23. The van der Waals surface area contributed by atoms with Crippen LogP contribution in [-0.2, 0) is 4.74 Å². The summed E-state index contributed by atoms with van der Waals surface area (Å²) in [5, 5.41) is 7.41. The summed E-state index contributed by atoms with van der Waals surface area (Å²) in [6.45, 7) is 9.87. The molecule has 0 radical (unpaired) electrons. The highest BCUT2D eigenvalue weighted by atomic mass is 16.5. The second-order valence-electron chi connectivity index (χ2n) is 5.02. The standard InChI is InChI=1S/C12H26N2O/c1-5-6-10(2)9-15-8-7-12(3,4)11(13)14/h10H,5-9H2,1-4H3,(H3,13,14). The van der Waals surface area contributed by atoms with Crippen LogP contribution in [-0.4, -0.2) is 19.0 Å². The van der Waals surface area contributed by atoms with Crippen molar-refractivity contribution in [1.29, 1.82) is 5.41 Å². The van der Waals surface area contributed by atoms with Crippen LogP contribution in [0.1, 0.15) is 47.0 Å². The predicted molar refractivity (Wildman–Crippen MR) is 65.2 cm³/mol. The van der Waals surface area contributed by atoms with Gasteiger partial charge in [-0.1, -0.05) is 34.1 Å². The van der Waals surface area contributed by atoms with E-state index in [1.165, 1.54) is 12.8 Å². The van der Waals surface area contributed by atoms with Crippen LogP contribution in [0.4, 0.5) is 0 Å². The average molecular weight is 214 g/mol. The number of hydrogen-bond acceptors (Lipinski definition) is 2. The SMILES string of the molecule is CCCC(C)COCCC(C)(C)C(=N)N. The van der Waals surface area contributed by atoms with Gasteiger partial charge in [0, 0.05) is 18.6 Å². The first-order chi connectivity index (χ1) is 6.90. The maximum atomic E-state index is 7.41. The first-order valence-corrected chi connectivity index (χ1v) is 5.82. The molecule has 0 fully saturated rings. The zero-order valence-corrected chi connectivity index (χ0v) is 10.6. The van der Waals surface area contributed by atoms with Crippen LogP contribution >= 0.6 is 0 Å². The molecule has 0 aromatic heterocycles. The topological polar surface area (TPSA) is 59.1 Å². The number of rotatable bonds is 8. The summed E-state index contributed by atoms with van der Waals surface area (Å²) in [6.07, 6.45) is 3.25. The minimum atomic E-state index is -0.228. The van der Waals surface area contributed by atoms with Gasteiger partial charge in [-0.05, 0) is 18.8 Å². The van der Waals surface area contributed by atoms with E-state index in [0.29, 0.717) is 12.5 Å². The molecule has 1 atom stereocenters. The lowest BCUT2D eigenvalue weighted by atomic mass is 9.88. The molecule has 0 rings (SSSR count). The van der Waals surface area contributed by atoms with Crippen molar-refractivity contribution < 1.29 is 4.74 Å². The lowest BCUT2D eigenvalue weighted by Crippen LogP contribution is -2.32. The van der Waals surface area contributed by atoms with Crippen molar-refractivity contribution in [1.82, 2.24) is 0 Å². The molecule has 0 spiro atoms. The normalized spacial score (nSPS) is 13.9. The first kappa shape index (κ1) is 14.4. The minimum absolute atomic E-state index is 0.228. The zero-order chi connectivity index (χ0) is 11.9. The molecule has 15 heavy (non-hydrogen) atoms. The highest BCUT2D eigenvalue weighted by Gasteiger charge is 2.21. The molecule has 0 aliphatic rings. The summed E-state index contributed by atoms with van der Waals surface area (Å²) >= 11 is 0. The molecule has 0 bridgehead atoms. The minimum Gasteiger partial charge on any atom is -0.387 e. The van der Waals surface area contributed by atoms with Crippen molar-refractivity contribution in [2.24, 2.45) is 17.1 Å². The number of nitrogens with two attached hydrogens (primary N) is 1. The monoisotopic (exact) mass is 214 g/mol. The van der Waals surface area contributed by atoms with Crippen molar-refractivity contribution in [3.05, 3.63) is 0 Å². The van der Waals surface area contributed by atoms with Gasteiger partial charge >= 0.3 is 0 Å². The van der Waals surface area contributed by atoms with E-state index in [2.05, 4.69) is 13.8 Å². The molecule has 1 unspecified atom stereocenters. The third-order valence-electron chi connectivity index (χ3n) is 2.78. The molecule has 0 heterocycles. The van der Waals surface area contributed by atoms with Crippen LogP contribution in [0.5, 0.6) is 0 Å². The maximum absolute atomic E-state index is 7.41. The molecule has 0 aromatic carbocycles. The van der Waals surface area contributed by atoms with E-state index >= 15 is 0 Å². The molecule has 0 amide bonds. The molecule has 3 heteroatoms. The highest BCUT2D eigenvalue weighted by molar-refractivity contribution is 5.82. The van der Waals surface area contributed by atoms with Gasteiger partial charge in [-0.3, -0.25) is 5.41 Å². The number of nitrogens with one attached hydrogen (secondary N) is 1. The van der Waals surface area contributed by atoms with Crippen LogP contribution in [0.2, 0.25) is 0 Å². The van der Waals surface area contributed by atoms with Crippen molar-refractivity contribution in [3.8, 4) is 0 Å². The summed E-state index contributed by atoms with van der Waals surface area (Å²) < 4.78 is 5.58. The Balaban J connectivity index is 3.58. The quantitative estimate of drug-likeness (QED) is 0.371. The third kappa shape index (κ3) is 6.50. The average Bonchev–Trinajstić information content (AvgIpc) is 2.13. The molecular formula is C12H26N2O. The number of hydrogen-bond donors (Lipinski definition) is 2.